The lowest BCUT2D eigenvalue weighted by atomic mass is 9.91. The highest BCUT2D eigenvalue weighted by Crippen LogP contribution is 2.26. The average Bonchev–Trinajstić information content (AvgIpc) is 2.65. The maximum Gasteiger partial charge on any atom is 0.261 e. The van der Waals surface area contributed by atoms with Gasteiger partial charge in [0.05, 0.1) is 0 Å². The van der Waals surface area contributed by atoms with Gasteiger partial charge in [0.1, 0.15) is 5.56 Å². The predicted molar refractivity (Wildman–Crippen MR) is 104 cm³/mol. The molecule has 1 aromatic carbocycles. The van der Waals surface area contributed by atoms with Crippen molar-refractivity contribution in [1.82, 2.24) is 15.2 Å². The van der Waals surface area contributed by atoms with Crippen molar-refractivity contribution >= 4 is 5.91 Å². The molecular weight excluding hydrogens is 326 g/mol. The first-order valence-corrected chi connectivity index (χ1v) is 9.30. The van der Waals surface area contributed by atoms with Crippen molar-refractivity contribution in [2.75, 3.05) is 26.2 Å². The van der Waals surface area contributed by atoms with E-state index in [9.17, 15) is 9.59 Å². The summed E-state index contributed by atoms with van der Waals surface area (Å²) in [4.78, 5) is 29.4. The van der Waals surface area contributed by atoms with Crippen molar-refractivity contribution in [3.8, 4) is 0 Å². The first-order valence-electron chi connectivity index (χ1n) is 9.30. The zero-order valence-electron chi connectivity index (χ0n) is 15.5. The number of aromatic amines is 1. The van der Waals surface area contributed by atoms with Gasteiger partial charge >= 0.3 is 0 Å². The molecule has 26 heavy (non-hydrogen) atoms. The van der Waals surface area contributed by atoms with Gasteiger partial charge in [-0.2, -0.15) is 0 Å². The zero-order valence-corrected chi connectivity index (χ0v) is 15.5. The smallest absolute Gasteiger partial charge is 0.261 e. The Morgan fingerprint density at radius 1 is 1.27 bits per heavy atom. The van der Waals surface area contributed by atoms with E-state index in [1.807, 2.05) is 19.9 Å². The van der Waals surface area contributed by atoms with Gasteiger partial charge in [-0.15, -0.1) is 0 Å². The molecule has 1 aromatic heterocycles. The standard InChI is InChI=1S/C21H27N3O2/c1-15-13-19(21(26)23-16(15)2)20(25)22-10-12-24-11-6-9-18(14-24)17-7-4-3-5-8-17/h3-5,7-8,13,18H,6,9-12,14H2,1-2H3,(H,22,25)(H,23,26)/t18-/m1/s1. The van der Waals surface area contributed by atoms with Crippen LogP contribution in [0.3, 0.4) is 0 Å². The van der Waals surface area contributed by atoms with Crippen molar-refractivity contribution in [3.05, 3.63) is 69.1 Å². The summed E-state index contributed by atoms with van der Waals surface area (Å²) in [5, 5.41) is 2.89. The van der Waals surface area contributed by atoms with E-state index in [-0.39, 0.29) is 17.0 Å². The first kappa shape index (κ1) is 18.4. The molecule has 0 saturated carbocycles. The van der Waals surface area contributed by atoms with Gasteiger partial charge in [0.25, 0.3) is 11.5 Å². The van der Waals surface area contributed by atoms with Crippen LogP contribution in [0.1, 0.15) is 45.9 Å². The summed E-state index contributed by atoms with van der Waals surface area (Å²) < 4.78 is 0. The summed E-state index contributed by atoms with van der Waals surface area (Å²) in [6, 6.07) is 12.3. The van der Waals surface area contributed by atoms with Crippen molar-refractivity contribution in [3.63, 3.8) is 0 Å². The van der Waals surface area contributed by atoms with Crippen LogP contribution in [-0.4, -0.2) is 42.0 Å². The number of carbonyl (C=O) groups is 1. The number of nitrogens with one attached hydrogen (secondary N) is 2. The fourth-order valence-electron chi connectivity index (χ4n) is 3.57. The number of rotatable bonds is 5. The molecule has 1 aliphatic rings. The second-order valence-electron chi connectivity index (χ2n) is 7.13. The number of likely N-dealkylation sites (tertiary alicyclic amines) is 1. The fraction of sp³-hybridized carbons (Fsp3) is 0.429. The molecular formula is C21H27N3O2. The second kappa shape index (κ2) is 8.32. The molecule has 1 aliphatic heterocycles. The van der Waals surface area contributed by atoms with Crippen molar-refractivity contribution in [2.24, 2.45) is 0 Å². The van der Waals surface area contributed by atoms with Crippen molar-refractivity contribution < 1.29 is 4.79 Å². The quantitative estimate of drug-likeness (QED) is 0.868. The Morgan fingerprint density at radius 3 is 2.81 bits per heavy atom. The third-order valence-electron chi connectivity index (χ3n) is 5.23. The number of hydrogen-bond acceptors (Lipinski definition) is 3. The molecule has 0 radical (unpaired) electrons. The minimum Gasteiger partial charge on any atom is -0.351 e. The fourth-order valence-corrected chi connectivity index (χ4v) is 3.57. The number of aryl methyl sites for hydroxylation is 2. The van der Waals surface area contributed by atoms with Gasteiger partial charge in [0.15, 0.2) is 0 Å². The van der Waals surface area contributed by atoms with Gasteiger partial charge < -0.3 is 15.2 Å². The largest absolute Gasteiger partial charge is 0.351 e. The minimum absolute atomic E-state index is 0.189. The molecule has 5 heteroatoms. The highest BCUT2D eigenvalue weighted by atomic mass is 16.2. The van der Waals surface area contributed by atoms with Gasteiger partial charge in [-0.3, -0.25) is 9.59 Å². The molecule has 0 unspecified atom stereocenters. The molecule has 1 saturated heterocycles. The number of H-pyrrole nitrogens is 1. The summed E-state index contributed by atoms with van der Waals surface area (Å²) in [7, 11) is 0. The van der Waals surface area contributed by atoms with Gasteiger partial charge in [-0.1, -0.05) is 30.3 Å². The van der Waals surface area contributed by atoms with E-state index in [2.05, 4.69) is 39.5 Å². The van der Waals surface area contributed by atoms with Crippen LogP contribution in [0.2, 0.25) is 0 Å². The summed E-state index contributed by atoms with van der Waals surface area (Å²) in [5.41, 5.74) is 2.97. The molecule has 0 bridgehead atoms. The summed E-state index contributed by atoms with van der Waals surface area (Å²) >= 11 is 0. The van der Waals surface area contributed by atoms with E-state index in [0.717, 1.165) is 30.9 Å². The Kier molecular flexibility index (Phi) is 5.89. The number of amides is 1. The maximum atomic E-state index is 12.3. The Balaban J connectivity index is 1.52. The third-order valence-corrected chi connectivity index (χ3v) is 5.23. The average molecular weight is 353 g/mol. The predicted octanol–water partition coefficient (Wildman–Crippen LogP) is 2.60. The topological polar surface area (TPSA) is 65.2 Å². The van der Waals surface area contributed by atoms with Crippen LogP contribution in [0, 0.1) is 13.8 Å². The monoisotopic (exact) mass is 353 g/mol. The number of hydrogen-bond donors (Lipinski definition) is 2. The molecule has 5 nitrogen and oxygen atoms in total. The minimum atomic E-state index is -0.326. The highest BCUT2D eigenvalue weighted by molar-refractivity contribution is 5.94. The Hall–Kier alpha value is -2.40. The number of benzene rings is 1. The number of carbonyl (C=O) groups excluding carboxylic acids is 1. The summed E-state index contributed by atoms with van der Waals surface area (Å²) in [6.07, 6.45) is 2.38. The van der Waals surface area contributed by atoms with E-state index >= 15 is 0 Å². The summed E-state index contributed by atoms with van der Waals surface area (Å²) in [5.74, 6) is 0.259. The molecule has 2 heterocycles. The highest BCUT2D eigenvalue weighted by Gasteiger charge is 2.21. The van der Waals surface area contributed by atoms with Gasteiger partial charge in [-0.05, 0) is 56.3 Å². The zero-order chi connectivity index (χ0) is 18.5. The molecule has 0 aliphatic carbocycles. The molecule has 0 spiro atoms. The van der Waals surface area contributed by atoms with Gasteiger partial charge in [0.2, 0.25) is 0 Å². The lowest BCUT2D eigenvalue weighted by Gasteiger charge is -2.33. The SMILES string of the molecule is Cc1cc(C(=O)NCCN2CCC[C@@H](c3ccccc3)C2)c(=O)[nH]c1C. The van der Waals surface area contributed by atoms with Crippen LogP contribution in [0.25, 0.3) is 0 Å². The van der Waals surface area contributed by atoms with Crippen LogP contribution in [0.4, 0.5) is 0 Å². The normalized spacial score (nSPS) is 17.8. The number of pyridine rings is 1. The Bertz CT molecular complexity index is 814. The molecule has 1 atom stereocenters. The Labute approximate surface area is 154 Å². The second-order valence-corrected chi connectivity index (χ2v) is 7.13. The molecule has 3 rings (SSSR count). The lowest BCUT2D eigenvalue weighted by molar-refractivity contribution is 0.0944. The maximum absolute atomic E-state index is 12.3. The lowest BCUT2D eigenvalue weighted by Crippen LogP contribution is -2.41. The van der Waals surface area contributed by atoms with Crippen LogP contribution in [0.15, 0.2) is 41.2 Å². The van der Waals surface area contributed by atoms with E-state index in [4.69, 9.17) is 0 Å². The summed E-state index contributed by atoms with van der Waals surface area (Å²) in [6.45, 7) is 7.15. The van der Waals surface area contributed by atoms with Crippen LogP contribution in [-0.2, 0) is 0 Å². The first-order chi connectivity index (χ1) is 12.5. The van der Waals surface area contributed by atoms with Crippen molar-refractivity contribution in [2.45, 2.75) is 32.6 Å². The molecule has 2 N–H and O–H groups in total. The molecule has 1 fully saturated rings. The van der Waals surface area contributed by atoms with Crippen LogP contribution < -0.4 is 10.9 Å². The number of aromatic nitrogens is 1. The molecule has 138 valence electrons. The number of nitrogens with zero attached hydrogens (tertiary/aromatic N) is 1. The van der Waals surface area contributed by atoms with E-state index in [1.165, 1.54) is 18.4 Å². The van der Waals surface area contributed by atoms with Crippen LogP contribution >= 0.6 is 0 Å². The van der Waals surface area contributed by atoms with Crippen LogP contribution in [0.5, 0.6) is 0 Å². The molecule has 2 aromatic rings. The van der Waals surface area contributed by atoms with Gasteiger partial charge in [-0.25, -0.2) is 0 Å². The number of piperidine rings is 1. The third kappa shape index (κ3) is 4.41. The van der Waals surface area contributed by atoms with E-state index in [1.54, 1.807) is 6.07 Å². The van der Waals surface area contributed by atoms with Gasteiger partial charge in [0, 0.05) is 25.3 Å². The Morgan fingerprint density at radius 2 is 2.04 bits per heavy atom. The van der Waals surface area contributed by atoms with E-state index in [0.29, 0.717) is 12.5 Å². The van der Waals surface area contributed by atoms with E-state index < -0.39 is 0 Å². The van der Waals surface area contributed by atoms with Crippen molar-refractivity contribution in [1.29, 1.82) is 0 Å². The molecule has 1 amide bonds.